The van der Waals surface area contributed by atoms with E-state index in [0.717, 1.165) is 17.0 Å². The molecule has 0 aromatic heterocycles. The lowest BCUT2D eigenvalue weighted by Gasteiger charge is -2.16. The first-order valence-electron chi connectivity index (χ1n) is 7.95. The molecule has 6 heteroatoms. The van der Waals surface area contributed by atoms with Crippen molar-refractivity contribution in [1.82, 2.24) is 4.90 Å². The van der Waals surface area contributed by atoms with E-state index in [1.807, 2.05) is 31.2 Å². The molecule has 0 bridgehead atoms. The molecule has 0 saturated carbocycles. The molecule has 0 atom stereocenters. The van der Waals surface area contributed by atoms with Crippen LogP contribution in [0, 0.1) is 6.92 Å². The summed E-state index contributed by atoms with van der Waals surface area (Å²) in [5, 5.41) is 5.61. The molecule has 2 rings (SSSR count). The van der Waals surface area contributed by atoms with Crippen molar-refractivity contribution < 1.29 is 14.3 Å². The van der Waals surface area contributed by atoms with Crippen LogP contribution >= 0.6 is 0 Å². The second kappa shape index (κ2) is 8.84. The van der Waals surface area contributed by atoms with Gasteiger partial charge in [0, 0.05) is 11.4 Å². The van der Waals surface area contributed by atoms with Gasteiger partial charge in [0.2, 0.25) is 11.8 Å². The summed E-state index contributed by atoms with van der Waals surface area (Å²) in [7, 11) is 3.31. The number of aryl methyl sites for hydroxylation is 1. The molecule has 0 saturated heterocycles. The molecule has 2 N–H and O–H groups in total. The molecule has 0 spiro atoms. The minimum Gasteiger partial charge on any atom is -0.497 e. The van der Waals surface area contributed by atoms with Crippen LogP contribution in [0.15, 0.2) is 48.5 Å². The molecule has 0 heterocycles. The molecule has 0 fully saturated rings. The van der Waals surface area contributed by atoms with E-state index in [4.69, 9.17) is 4.74 Å². The minimum atomic E-state index is -0.184. The van der Waals surface area contributed by atoms with Crippen molar-refractivity contribution in [1.29, 1.82) is 0 Å². The molecule has 2 aromatic rings. The summed E-state index contributed by atoms with van der Waals surface area (Å²) in [6.07, 6.45) is 0. The Hall–Kier alpha value is -2.86. The first-order valence-corrected chi connectivity index (χ1v) is 7.95. The number of carbonyl (C=O) groups is 2. The summed E-state index contributed by atoms with van der Waals surface area (Å²) >= 11 is 0. The number of anilines is 2. The maximum absolute atomic E-state index is 12.0. The Labute approximate surface area is 147 Å². The van der Waals surface area contributed by atoms with Crippen molar-refractivity contribution in [3.05, 3.63) is 54.1 Å². The standard InChI is InChI=1S/C19H23N3O3/c1-14-5-4-6-16(11-14)21-19(24)13-22(2)12-18(23)20-15-7-9-17(25-3)10-8-15/h4-11H,12-13H2,1-3H3,(H,20,23)(H,21,24). The number of carbonyl (C=O) groups excluding carboxylic acids is 2. The zero-order chi connectivity index (χ0) is 18.2. The average Bonchev–Trinajstić information content (AvgIpc) is 2.55. The fraction of sp³-hybridized carbons (Fsp3) is 0.263. The van der Waals surface area contributed by atoms with Gasteiger partial charge in [0.15, 0.2) is 0 Å². The summed E-state index contributed by atoms with van der Waals surface area (Å²) in [4.78, 5) is 25.7. The smallest absolute Gasteiger partial charge is 0.238 e. The zero-order valence-electron chi connectivity index (χ0n) is 14.7. The second-order valence-electron chi connectivity index (χ2n) is 5.87. The van der Waals surface area contributed by atoms with Gasteiger partial charge in [-0.1, -0.05) is 12.1 Å². The largest absolute Gasteiger partial charge is 0.497 e. The van der Waals surface area contributed by atoms with Crippen molar-refractivity contribution in [2.24, 2.45) is 0 Å². The number of ether oxygens (including phenoxy) is 1. The molecule has 6 nitrogen and oxygen atoms in total. The minimum absolute atomic E-state index is 0.118. The number of nitrogens with one attached hydrogen (secondary N) is 2. The lowest BCUT2D eigenvalue weighted by molar-refractivity contribution is -0.119. The Morgan fingerprint density at radius 1 is 0.960 bits per heavy atom. The van der Waals surface area contributed by atoms with Gasteiger partial charge in [-0.15, -0.1) is 0 Å². The van der Waals surface area contributed by atoms with Crippen molar-refractivity contribution in [3.63, 3.8) is 0 Å². The number of hydrogen-bond donors (Lipinski definition) is 2. The highest BCUT2D eigenvalue weighted by Gasteiger charge is 2.11. The fourth-order valence-electron chi connectivity index (χ4n) is 2.34. The van der Waals surface area contributed by atoms with Crippen LogP contribution in [0.4, 0.5) is 11.4 Å². The fourth-order valence-corrected chi connectivity index (χ4v) is 2.34. The number of benzene rings is 2. The Morgan fingerprint density at radius 3 is 2.12 bits per heavy atom. The van der Waals surface area contributed by atoms with Crippen molar-refractivity contribution >= 4 is 23.2 Å². The number of hydrogen-bond acceptors (Lipinski definition) is 4. The molecule has 0 aliphatic carbocycles. The van der Waals surface area contributed by atoms with E-state index in [1.165, 1.54) is 0 Å². The maximum Gasteiger partial charge on any atom is 0.238 e. The van der Waals surface area contributed by atoms with E-state index in [2.05, 4.69) is 10.6 Å². The predicted octanol–water partition coefficient (Wildman–Crippen LogP) is 2.51. The molecule has 0 aliphatic rings. The SMILES string of the molecule is COc1ccc(NC(=O)CN(C)CC(=O)Nc2cccc(C)c2)cc1. The van der Waals surface area contributed by atoms with Gasteiger partial charge in [0.05, 0.1) is 20.2 Å². The molecule has 0 unspecified atom stereocenters. The van der Waals surface area contributed by atoms with Crippen molar-refractivity contribution in [3.8, 4) is 5.75 Å². The Balaban J connectivity index is 1.79. The Kier molecular flexibility index (Phi) is 6.54. The van der Waals surface area contributed by atoms with E-state index in [9.17, 15) is 9.59 Å². The van der Waals surface area contributed by atoms with Crippen LogP contribution in [0.3, 0.4) is 0 Å². The lowest BCUT2D eigenvalue weighted by Crippen LogP contribution is -2.36. The van der Waals surface area contributed by atoms with Gasteiger partial charge in [-0.2, -0.15) is 0 Å². The van der Waals surface area contributed by atoms with Crippen LogP contribution in [0.2, 0.25) is 0 Å². The van der Waals surface area contributed by atoms with Crippen LogP contribution < -0.4 is 15.4 Å². The first-order chi connectivity index (χ1) is 12.0. The van der Waals surface area contributed by atoms with Crippen LogP contribution in [0.1, 0.15) is 5.56 Å². The van der Waals surface area contributed by atoms with E-state index in [0.29, 0.717) is 5.69 Å². The van der Waals surface area contributed by atoms with Crippen molar-refractivity contribution in [2.45, 2.75) is 6.92 Å². The number of nitrogens with zero attached hydrogens (tertiary/aromatic N) is 1. The maximum atomic E-state index is 12.0. The molecular weight excluding hydrogens is 318 g/mol. The molecule has 0 aliphatic heterocycles. The van der Waals surface area contributed by atoms with Crippen LogP contribution in [0.5, 0.6) is 5.75 Å². The van der Waals surface area contributed by atoms with Crippen LogP contribution in [-0.2, 0) is 9.59 Å². The van der Waals surface area contributed by atoms with Gasteiger partial charge in [-0.3, -0.25) is 14.5 Å². The van der Waals surface area contributed by atoms with Crippen molar-refractivity contribution in [2.75, 3.05) is 37.9 Å². The van der Waals surface area contributed by atoms with E-state index in [-0.39, 0.29) is 24.9 Å². The summed E-state index contributed by atoms with van der Waals surface area (Å²) in [6, 6.07) is 14.7. The van der Waals surface area contributed by atoms with Crippen LogP contribution in [0.25, 0.3) is 0 Å². The number of likely N-dealkylation sites (N-methyl/N-ethyl adjacent to an activating group) is 1. The van der Waals surface area contributed by atoms with Crippen LogP contribution in [-0.4, -0.2) is 44.0 Å². The molecular formula is C19H23N3O3. The topological polar surface area (TPSA) is 70.7 Å². The van der Waals surface area contributed by atoms with Gasteiger partial charge in [0.1, 0.15) is 5.75 Å². The summed E-state index contributed by atoms with van der Waals surface area (Å²) < 4.78 is 5.07. The van der Waals surface area contributed by atoms with E-state index < -0.39 is 0 Å². The third kappa shape index (κ3) is 6.27. The zero-order valence-corrected chi connectivity index (χ0v) is 14.7. The summed E-state index contributed by atoms with van der Waals surface area (Å²) in [5.41, 5.74) is 2.51. The highest BCUT2D eigenvalue weighted by molar-refractivity contribution is 5.94. The quantitative estimate of drug-likeness (QED) is 0.812. The Bertz CT molecular complexity index is 729. The Morgan fingerprint density at radius 2 is 1.56 bits per heavy atom. The van der Waals surface area contributed by atoms with Gasteiger partial charge >= 0.3 is 0 Å². The predicted molar refractivity (Wildman–Crippen MR) is 98.9 cm³/mol. The number of methoxy groups -OCH3 is 1. The monoisotopic (exact) mass is 341 g/mol. The third-order valence-corrected chi connectivity index (χ3v) is 3.50. The molecule has 132 valence electrons. The highest BCUT2D eigenvalue weighted by Crippen LogP contribution is 2.15. The summed E-state index contributed by atoms with van der Waals surface area (Å²) in [6.45, 7) is 2.21. The van der Waals surface area contributed by atoms with Gasteiger partial charge in [-0.25, -0.2) is 0 Å². The normalized spacial score (nSPS) is 10.4. The second-order valence-corrected chi connectivity index (χ2v) is 5.87. The number of rotatable bonds is 7. The van der Waals surface area contributed by atoms with E-state index >= 15 is 0 Å². The molecule has 0 radical (unpaired) electrons. The first kappa shape index (κ1) is 18.5. The van der Waals surface area contributed by atoms with Gasteiger partial charge in [-0.05, 0) is 55.9 Å². The van der Waals surface area contributed by atoms with Gasteiger partial charge < -0.3 is 15.4 Å². The van der Waals surface area contributed by atoms with E-state index in [1.54, 1.807) is 43.3 Å². The molecule has 2 aromatic carbocycles. The third-order valence-electron chi connectivity index (χ3n) is 3.50. The summed E-state index contributed by atoms with van der Waals surface area (Å²) in [5.74, 6) is 0.379. The average molecular weight is 341 g/mol. The number of amides is 2. The molecule has 25 heavy (non-hydrogen) atoms. The lowest BCUT2D eigenvalue weighted by atomic mass is 10.2. The van der Waals surface area contributed by atoms with Gasteiger partial charge in [0.25, 0.3) is 0 Å². The highest BCUT2D eigenvalue weighted by atomic mass is 16.5. The molecule has 2 amide bonds.